The van der Waals surface area contributed by atoms with Crippen LogP contribution in [0.15, 0.2) is 29.4 Å². The molecule has 0 saturated carbocycles. The summed E-state index contributed by atoms with van der Waals surface area (Å²) in [6, 6.07) is 7.68. The molecule has 2 heterocycles. The van der Waals surface area contributed by atoms with Crippen LogP contribution < -0.4 is 10.1 Å². The maximum absolute atomic E-state index is 12.0. The van der Waals surface area contributed by atoms with E-state index >= 15 is 0 Å². The van der Waals surface area contributed by atoms with Gasteiger partial charge in [-0.3, -0.25) is 10.1 Å². The lowest BCUT2D eigenvalue weighted by molar-refractivity contribution is -0.113. The summed E-state index contributed by atoms with van der Waals surface area (Å²) in [6.45, 7) is 4.41. The molecule has 0 saturated heterocycles. The van der Waals surface area contributed by atoms with Gasteiger partial charge in [0.15, 0.2) is 11.0 Å². The number of hydrogen-bond acceptors (Lipinski definition) is 8. The van der Waals surface area contributed by atoms with Crippen LogP contribution in [0.25, 0.3) is 11.4 Å². The highest BCUT2D eigenvalue weighted by molar-refractivity contribution is 7.99. The van der Waals surface area contributed by atoms with Crippen molar-refractivity contribution in [1.29, 1.82) is 0 Å². The van der Waals surface area contributed by atoms with Gasteiger partial charge >= 0.3 is 0 Å². The van der Waals surface area contributed by atoms with Crippen LogP contribution in [0.4, 0.5) is 5.13 Å². The number of aromatic nitrogens is 5. The lowest BCUT2D eigenvalue weighted by Gasteiger charge is -2.06. The summed E-state index contributed by atoms with van der Waals surface area (Å²) in [7, 11) is 1.88. The van der Waals surface area contributed by atoms with Gasteiger partial charge in [-0.1, -0.05) is 23.1 Å². The molecule has 0 bridgehead atoms. The van der Waals surface area contributed by atoms with Gasteiger partial charge in [0.1, 0.15) is 10.8 Å². The number of nitrogens with zero attached hydrogens (tertiary/aromatic N) is 5. The average molecular weight is 390 g/mol. The smallest absolute Gasteiger partial charge is 0.236 e. The molecule has 0 atom stereocenters. The highest BCUT2D eigenvalue weighted by Crippen LogP contribution is 2.24. The number of rotatable bonds is 7. The fourth-order valence-corrected chi connectivity index (χ4v) is 3.51. The van der Waals surface area contributed by atoms with E-state index in [1.54, 1.807) is 0 Å². The van der Waals surface area contributed by atoms with E-state index in [1.807, 2.05) is 49.7 Å². The van der Waals surface area contributed by atoms with Gasteiger partial charge in [0.2, 0.25) is 11.0 Å². The van der Waals surface area contributed by atoms with E-state index in [0.29, 0.717) is 16.9 Å². The number of anilines is 1. The molecule has 8 nitrogen and oxygen atoms in total. The van der Waals surface area contributed by atoms with E-state index in [9.17, 15) is 4.79 Å². The van der Waals surface area contributed by atoms with Crippen molar-refractivity contribution in [2.45, 2.75) is 19.0 Å². The normalized spacial score (nSPS) is 10.7. The third-order valence-corrected chi connectivity index (χ3v) is 5.14. The molecule has 2 aromatic heterocycles. The zero-order valence-electron chi connectivity index (χ0n) is 14.6. The number of carbonyl (C=O) groups is 1. The lowest BCUT2D eigenvalue weighted by atomic mass is 10.2. The Hall–Kier alpha value is -2.46. The zero-order chi connectivity index (χ0) is 18.5. The van der Waals surface area contributed by atoms with Crippen molar-refractivity contribution >= 4 is 34.1 Å². The Kier molecular flexibility index (Phi) is 5.84. The second-order valence-electron chi connectivity index (χ2n) is 5.29. The molecular weight excluding hydrogens is 372 g/mol. The number of nitrogens with one attached hydrogen (secondary N) is 1. The van der Waals surface area contributed by atoms with Crippen LogP contribution in [0.1, 0.15) is 11.9 Å². The molecule has 1 amide bonds. The Morgan fingerprint density at radius 3 is 2.65 bits per heavy atom. The Labute approximate surface area is 159 Å². The molecule has 1 N–H and O–H groups in total. The Morgan fingerprint density at radius 1 is 1.23 bits per heavy atom. The fourth-order valence-electron chi connectivity index (χ4n) is 2.19. The first-order chi connectivity index (χ1) is 12.6. The van der Waals surface area contributed by atoms with Gasteiger partial charge in [0, 0.05) is 12.6 Å². The molecule has 0 aliphatic rings. The van der Waals surface area contributed by atoms with Gasteiger partial charge in [-0.05, 0) is 38.1 Å². The number of ether oxygens (including phenoxy) is 1. The minimum Gasteiger partial charge on any atom is -0.494 e. The standard InChI is InChI=1S/C16H18N6O2S2/c1-4-24-12-7-5-11(6-8-12)14-19-21-16(22(14)3)25-9-13(23)17-15-20-18-10(2)26-15/h5-8H,4,9H2,1-3H3,(H,17,20,23). The topological polar surface area (TPSA) is 94.8 Å². The third-order valence-electron chi connectivity index (χ3n) is 3.36. The zero-order valence-corrected chi connectivity index (χ0v) is 16.2. The minimum atomic E-state index is -0.156. The van der Waals surface area contributed by atoms with Crippen molar-refractivity contribution in [2.75, 3.05) is 17.7 Å². The monoisotopic (exact) mass is 390 g/mol. The first-order valence-corrected chi connectivity index (χ1v) is 9.72. The molecule has 26 heavy (non-hydrogen) atoms. The van der Waals surface area contributed by atoms with E-state index in [4.69, 9.17) is 4.74 Å². The van der Waals surface area contributed by atoms with Gasteiger partial charge in [-0.2, -0.15) is 0 Å². The molecular formula is C16H18N6O2S2. The molecule has 0 unspecified atom stereocenters. The van der Waals surface area contributed by atoms with Gasteiger partial charge in [0.25, 0.3) is 0 Å². The predicted octanol–water partition coefficient (Wildman–Crippen LogP) is 2.77. The summed E-state index contributed by atoms with van der Waals surface area (Å²) in [4.78, 5) is 12.0. The minimum absolute atomic E-state index is 0.156. The summed E-state index contributed by atoms with van der Waals surface area (Å²) in [6.07, 6.45) is 0. The number of carbonyl (C=O) groups excluding carboxylic acids is 1. The third kappa shape index (κ3) is 4.38. The van der Waals surface area contributed by atoms with Crippen molar-refractivity contribution in [3.63, 3.8) is 0 Å². The molecule has 0 aliphatic heterocycles. The first kappa shape index (κ1) is 18.3. The summed E-state index contributed by atoms with van der Waals surface area (Å²) >= 11 is 2.66. The maximum Gasteiger partial charge on any atom is 0.236 e. The quantitative estimate of drug-likeness (QED) is 0.620. The van der Waals surface area contributed by atoms with Crippen LogP contribution in [0.5, 0.6) is 5.75 Å². The Balaban J connectivity index is 1.62. The van der Waals surface area contributed by atoms with E-state index in [2.05, 4.69) is 25.7 Å². The number of hydrogen-bond donors (Lipinski definition) is 1. The second kappa shape index (κ2) is 8.28. The summed E-state index contributed by atoms with van der Waals surface area (Å²) in [5, 5.41) is 20.8. The highest BCUT2D eigenvalue weighted by atomic mass is 32.2. The van der Waals surface area contributed by atoms with Crippen molar-refractivity contribution in [2.24, 2.45) is 7.05 Å². The van der Waals surface area contributed by atoms with Crippen molar-refractivity contribution < 1.29 is 9.53 Å². The van der Waals surface area contributed by atoms with Crippen LogP contribution in [0.3, 0.4) is 0 Å². The molecule has 0 aliphatic carbocycles. The predicted molar refractivity (Wildman–Crippen MR) is 102 cm³/mol. The Bertz CT molecular complexity index is 891. The van der Waals surface area contributed by atoms with E-state index in [-0.39, 0.29) is 11.7 Å². The van der Waals surface area contributed by atoms with E-state index in [1.165, 1.54) is 23.1 Å². The molecule has 136 valence electrons. The van der Waals surface area contributed by atoms with E-state index < -0.39 is 0 Å². The second-order valence-corrected chi connectivity index (χ2v) is 7.41. The lowest BCUT2D eigenvalue weighted by Crippen LogP contribution is -2.14. The molecule has 3 rings (SSSR count). The fraction of sp³-hybridized carbons (Fsp3) is 0.312. The number of amides is 1. The van der Waals surface area contributed by atoms with Crippen LogP contribution >= 0.6 is 23.1 Å². The van der Waals surface area contributed by atoms with E-state index in [0.717, 1.165) is 22.1 Å². The number of aryl methyl sites for hydroxylation is 1. The largest absolute Gasteiger partial charge is 0.494 e. The van der Waals surface area contributed by atoms with Crippen LogP contribution in [-0.4, -0.2) is 43.2 Å². The van der Waals surface area contributed by atoms with Crippen LogP contribution in [-0.2, 0) is 11.8 Å². The van der Waals surface area contributed by atoms with Gasteiger partial charge < -0.3 is 9.30 Å². The molecule has 0 fully saturated rings. The first-order valence-electron chi connectivity index (χ1n) is 7.92. The molecule has 0 radical (unpaired) electrons. The molecule has 10 heteroatoms. The summed E-state index contributed by atoms with van der Waals surface area (Å²) in [5.41, 5.74) is 0.934. The number of thioether (sulfide) groups is 1. The van der Waals surface area contributed by atoms with Gasteiger partial charge in [-0.25, -0.2) is 0 Å². The highest BCUT2D eigenvalue weighted by Gasteiger charge is 2.14. The maximum atomic E-state index is 12.0. The van der Waals surface area contributed by atoms with Crippen LogP contribution in [0.2, 0.25) is 0 Å². The molecule has 0 spiro atoms. The summed E-state index contributed by atoms with van der Waals surface area (Å²) in [5.74, 6) is 1.61. The average Bonchev–Trinajstić information content (AvgIpc) is 3.20. The summed E-state index contributed by atoms with van der Waals surface area (Å²) < 4.78 is 7.31. The van der Waals surface area contributed by atoms with Gasteiger partial charge in [0.05, 0.1) is 12.4 Å². The van der Waals surface area contributed by atoms with Crippen molar-refractivity contribution in [1.82, 2.24) is 25.0 Å². The van der Waals surface area contributed by atoms with Gasteiger partial charge in [-0.15, -0.1) is 20.4 Å². The Morgan fingerprint density at radius 2 is 2.00 bits per heavy atom. The van der Waals surface area contributed by atoms with Crippen molar-refractivity contribution in [3.8, 4) is 17.1 Å². The molecule has 3 aromatic rings. The van der Waals surface area contributed by atoms with Crippen molar-refractivity contribution in [3.05, 3.63) is 29.3 Å². The van der Waals surface area contributed by atoms with Crippen LogP contribution in [0, 0.1) is 6.92 Å². The molecule has 1 aromatic carbocycles. The number of benzene rings is 1. The SMILES string of the molecule is CCOc1ccc(-c2nnc(SCC(=O)Nc3nnc(C)s3)n2C)cc1.